The summed E-state index contributed by atoms with van der Waals surface area (Å²) in [5, 5.41) is 11.2. The highest BCUT2D eigenvalue weighted by Crippen LogP contribution is 2.01. The van der Waals surface area contributed by atoms with E-state index in [4.69, 9.17) is 9.84 Å². The topological polar surface area (TPSA) is 58.6 Å². The highest BCUT2D eigenvalue weighted by Gasteiger charge is 2.16. The molecule has 5 heteroatoms. The van der Waals surface area contributed by atoms with Crippen molar-refractivity contribution in [2.45, 2.75) is 0 Å². The Balaban J connectivity index is 0.000001000. The van der Waals surface area contributed by atoms with Crippen LogP contribution in [0.2, 0.25) is 0 Å². The maximum Gasteiger partial charge on any atom is 0.329 e. The van der Waals surface area contributed by atoms with Gasteiger partial charge < -0.3 is 15.2 Å². The Morgan fingerprint density at radius 3 is 2.64 bits per heavy atom. The average molecular weight is 182 g/mol. The van der Waals surface area contributed by atoms with E-state index >= 15 is 0 Å². The van der Waals surface area contributed by atoms with Crippen molar-refractivity contribution in [3.05, 3.63) is 0 Å². The molecule has 0 amide bonds. The van der Waals surface area contributed by atoms with Gasteiger partial charge in [-0.25, -0.2) is 4.79 Å². The van der Waals surface area contributed by atoms with Crippen LogP contribution in [-0.2, 0) is 9.53 Å². The molecule has 4 nitrogen and oxygen atoms in total. The van der Waals surface area contributed by atoms with Gasteiger partial charge in [0.05, 0.1) is 6.61 Å². The predicted octanol–water partition coefficient (Wildman–Crippen LogP) is -0.271. The van der Waals surface area contributed by atoms with Gasteiger partial charge in [-0.3, -0.25) is 0 Å². The minimum atomic E-state index is -0.896. The Labute approximate surface area is 71.3 Å². The van der Waals surface area contributed by atoms with E-state index < -0.39 is 5.97 Å². The fourth-order valence-electron chi connectivity index (χ4n) is 0.779. The monoisotopic (exact) mass is 181 g/mol. The van der Waals surface area contributed by atoms with Gasteiger partial charge in [0.2, 0.25) is 0 Å². The molecule has 0 saturated carbocycles. The Morgan fingerprint density at radius 1 is 1.64 bits per heavy atom. The fourth-order valence-corrected chi connectivity index (χ4v) is 0.779. The maximum atomic E-state index is 9.95. The lowest BCUT2D eigenvalue weighted by Crippen LogP contribution is -2.44. The standard InChI is InChI=1S/C6H11NO3.ClH/c8-6(9)4-10-3-5-1-7-2-5;/h5,7H,1-4H2,(H,8,9);1H. The lowest BCUT2D eigenvalue weighted by molar-refractivity contribution is -0.142. The summed E-state index contributed by atoms with van der Waals surface area (Å²) in [5.41, 5.74) is 0. The van der Waals surface area contributed by atoms with Crippen LogP contribution in [0.3, 0.4) is 0 Å². The van der Waals surface area contributed by atoms with Gasteiger partial charge in [0.15, 0.2) is 0 Å². The molecular weight excluding hydrogens is 170 g/mol. The van der Waals surface area contributed by atoms with Gasteiger partial charge in [-0.1, -0.05) is 0 Å². The third kappa shape index (κ3) is 4.19. The van der Waals surface area contributed by atoms with Crippen molar-refractivity contribution >= 4 is 18.4 Å². The first-order valence-corrected chi connectivity index (χ1v) is 3.29. The second-order valence-electron chi connectivity index (χ2n) is 2.43. The van der Waals surface area contributed by atoms with E-state index in [-0.39, 0.29) is 19.0 Å². The molecular formula is C6H12ClNO3. The predicted molar refractivity (Wildman–Crippen MR) is 42.1 cm³/mol. The Hall–Kier alpha value is -0.320. The molecule has 1 rings (SSSR count). The number of halogens is 1. The van der Waals surface area contributed by atoms with E-state index in [1.165, 1.54) is 0 Å². The largest absolute Gasteiger partial charge is 0.480 e. The number of aliphatic carboxylic acids is 1. The van der Waals surface area contributed by atoms with Crippen molar-refractivity contribution in [1.29, 1.82) is 0 Å². The third-order valence-electron chi connectivity index (χ3n) is 1.45. The van der Waals surface area contributed by atoms with E-state index in [9.17, 15) is 4.79 Å². The zero-order valence-corrected chi connectivity index (χ0v) is 6.89. The molecule has 1 heterocycles. The van der Waals surface area contributed by atoms with Crippen molar-refractivity contribution in [2.24, 2.45) is 5.92 Å². The number of ether oxygens (including phenoxy) is 1. The summed E-state index contributed by atoms with van der Waals surface area (Å²) in [6.45, 7) is 2.31. The summed E-state index contributed by atoms with van der Waals surface area (Å²) < 4.78 is 4.86. The summed E-state index contributed by atoms with van der Waals surface area (Å²) in [4.78, 5) is 9.95. The van der Waals surface area contributed by atoms with Gasteiger partial charge in [0.1, 0.15) is 6.61 Å². The number of hydrogen-bond donors (Lipinski definition) is 2. The molecule has 1 saturated heterocycles. The minimum Gasteiger partial charge on any atom is -0.480 e. The Morgan fingerprint density at radius 2 is 2.27 bits per heavy atom. The molecule has 0 aromatic heterocycles. The third-order valence-corrected chi connectivity index (χ3v) is 1.45. The first-order chi connectivity index (χ1) is 4.79. The molecule has 0 aliphatic carbocycles. The molecule has 0 spiro atoms. The van der Waals surface area contributed by atoms with Gasteiger partial charge in [-0.05, 0) is 0 Å². The summed E-state index contributed by atoms with van der Waals surface area (Å²) in [6, 6.07) is 0. The summed E-state index contributed by atoms with van der Waals surface area (Å²) >= 11 is 0. The highest BCUT2D eigenvalue weighted by atomic mass is 35.5. The first-order valence-electron chi connectivity index (χ1n) is 3.29. The van der Waals surface area contributed by atoms with Crippen molar-refractivity contribution in [2.75, 3.05) is 26.3 Å². The van der Waals surface area contributed by atoms with Crippen molar-refractivity contribution < 1.29 is 14.6 Å². The number of nitrogens with one attached hydrogen (secondary N) is 1. The smallest absolute Gasteiger partial charge is 0.329 e. The van der Waals surface area contributed by atoms with Crippen LogP contribution in [0.1, 0.15) is 0 Å². The molecule has 1 aliphatic rings. The van der Waals surface area contributed by atoms with Crippen molar-refractivity contribution in [1.82, 2.24) is 5.32 Å². The van der Waals surface area contributed by atoms with Crippen LogP contribution in [0.4, 0.5) is 0 Å². The molecule has 0 unspecified atom stereocenters. The van der Waals surface area contributed by atoms with Gasteiger partial charge >= 0.3 is 5.97 Å². The van der Waals surface area contributed by atoms with Crippen molar-refractivity contribution in [3.8, 4) is 0 Å². The van der Waals surface area contributed by atoms with Crippen LogP contribution in [-0.4, -0.2) is 37.4 Å². The van der Waals surface area contributed by atoms with Crippen LogP contribution in [0.5, 0.6) is 0 Å². The quantitative estimate of drug-likeness (QED) is 0.627. The highest BCUT2D eigenvalue weighted by molar-refractivity contribution is 5.85. The zero-order chi connectivity index (χ0) is 7.40. The number of carboxylic acid groups (broad SMARTS) is 1. The number of carbonyl (C=O) groups is 1. The molecule has 0 radical (unpaired) electrons. The second-order valence-corrected chi connectivity index (χ2v) is 2.43. The van der Waals surface area contributed by atoms with Gasteiger partial charge in [0, 0.05) is 19.0 Å². The van der Waals surface area contributed by atoms with E-state index in [1.54, 1.807) is 0 Å². The molecule has 11 heavy (non-hydrogen) atoms. The molecule has 0 aromatic carbocycles. The number of rotatable bonds is 4. The molecule has 2 N–H and O–H groups in total. The maximum absolute atomic E-state index is 9.95. The first kappa shape index (κ1) is 10.7. The Bertz CT molecular complexity index is 127. The molecule has 0 atom stereocenters. The summed E-state index contributed by atoms with van der Waals surface area (Å²) in [5.74, 6) is -0.369. The fraction of sp³-hybridized carbons (Fsp3) is 0.833. The lowest BCUT2D eigenvalue weighted by atomic mass is 10.1. The van der Waals surface area contributed by atoms with E-state index in [2.05, 4.69) is 5.32 Å². The van der Waals surface area contributed by atoms with E-state index in [0.29, 0.717) is 12.5 Å². The van der Waals surface area contributed by atoms with Crippen LogP contribution in [0.15, 0.2) is 0 Å². The second kappa shape index (κ2) is 5.35. The molecule has 66 valence electrons. The van der Waals surface area contributed by atoms with Gasteiger partial charge in [0.25, 0.3) is 0 Å². The van der Waals surface area contributed by atoms with Crippen LogP contribution in [0, 0.1) is 5.92 Å². The minimum absolute atomic E-state index is 0. The lowest BCUT2D eigenvalue weighted by Gasteiger charge is -2.26. The molecule has 1 aliphatic heterocycles. The number of carboxylic acids is 1. The SMILES string of the molecule is Cl.O=C(O)COCC1CNC1. The average Bonchev–Trinajstić information content (AvgIpc) is 1.75. The summed E-state index contributed by atoms with van der Waals surface area (Å²) in [7, 11) is 0. The Kier molecular flexibility index (Phi) is 5.19. The van der Waals surface area contributed by atoms with Gasteiger partial charge in [-0.2, -0.15) is 0 Å². The zero-order valence-electron chi connectivity index (χ0n) is 6.08. The van der Waals surface area contributed by atoms with Crippen LogP contribution in [0.25, 0.3) is 0 Å². The molecule has 0 bridgehead atoms. The van der Waals surface area contributed by atoms with Crippen LogP contribution >= 0.6 is 12.4 Å². The molecule has 0 aromatic rings. The number of hydrogen-bond acceptors (Lipinski definition) is 3. The summed E-state index contributed by atoms with van der Waals surface area (Å²) in [6.07, 6.45) is 0. The molecule has 1 fully saturated rings. The van der Waals surface area contributed by atoms with Gasteiger partial charge in [-0.15, -0.1) is 12.4 Å². The van der Waals surface area contributed by atoms with E-state index in [0.717, 1.165) is 13.1 Å². The van der Waals surface area contributed by atoms with E-state index in [1.807, 2.05) is 0 Å². The van der Waals surface area contributed by atoms with Crippen LogP contribution < -0.4 is 5.32 Å². The van der Waals surface area contributed by atoms with Crippen molar-refractivity contribution in [3.63, 3.8) is 0 Å². The normalized spacial score (nSPS) is 16.7.